The van der Waals surface area contributed by atoms with Crippen LogP contribution in [-0.4, -0.2) is 62.2 Å². The number of nitrogens with one attached hydrogen (secondary N) is 1. The minimum absolute atomic E-state index is 0.0334. The molecule has 16 heavy (non-hydrogen) atoms. The lowest BCUT2D eigenvalue weighted by molar-refractivity contribution is -0.00449. The van der Waals surface area contributed by atoms with Crippen LogP contribution in [0, 0.1) is 0 Å². The van der Waals surface area contributed by atoms with Gasteiger partial charge in [-0.25, -0.2) is 0 Å². The van der Waals surface area contributed by atoms with Crippen LogP contribution in [0.25, 0.3) is 0 Å². The molecule has 2 rings (SSSR count). The summed E-state index contributed by atoms with van der Waals surface area (Å²) in [6.45, 7) is 0.0334. The molecule has 2 fully saturated rings. The molecule has 0 spiro atoms. The van der Waals surface area contributed by atoms with E-state index in [1.165, 1.54) is 0 Å². The summed E-state index contributed by atoms with van der Waals surface area (Å²) < 4.78 is 0.161. The molecule has 0 aromatic carbocycles. The molecule has 2 aliphatic rings. The maximum atomic E-state index is 9.98. The van der Waals surface area contributed by atoms with E-state index in [-0.39, 0.29) is 22.5 Å². The summed E-state index contributed by atoms with van der Waals surface area (Å²) in [6.07, 6.45) is -1.08. The van der Waals surface area contributed by atoms with E-state index in [4.69, 9.17) is 5.11 Å². The Balaban J connectivity index is 2.09. The fourth-order valence-electron chi connectivity index (χ4n) is 1.96. The Morgan fingerprint density at radius 2 is 2.12 bits per heavy atom. The van der Waals surface area contributed by atoms with Gasteiger partial charge in [-0.15, -0.1) is 11.8 Å². The number of nitrogens with zero attached hydrogens (tertiary/aromatic N) is 1. The average Bonchev–Trinajstić information content (AvgIpc) is 2.69. The molecular weight excluding hydrogens is 248 g/mol. The molecule has 0 amide bonds. The Bertz CT molecular complexity index is 290. The number of thioether (sulfide) groups is 2. The zero-order valence-corrected chi connectivity index (χ0v) is 10.5. The van der Waals surface area contributed by atoms with Gasteiger partial charge >= 0.3 is 0 Å². The second-order valence-corrected chi connectivity index (χ2v) is 6.67. The van der Waals surface area contributed by atoms with Gasteiger partial charge in [0.15, 0.2) is 5.17 Å². The monoisotopic (exact) mass is 264 g/mol. The number of aliphatic hydroxyl groups is 3. The van der Waals surface area contributed by atoms with E-state index in [1.54, 1.807) is 30.6 Å². The van der Waals surface area contributed by atoms with Crippen LogP contribution < -0.4 is 5.32 Å². The van der Waals surface area contributed by atoms with Crippen molar-refractivity contribution < 1.29 is 15.3 Å². The van der Waals surface area contributed by atoms with Crippen molar-refractivity contribution in [3.63, 3.8) is 0 Å². The fourth-order valence-corrected chi connectivity index (χ4v) is 5.09. The van der Waals surface area contributed by atoms with Gasteiger partial charge in [0.1, 0.15) is 6.10 Å². The number of fused-ring (bicyclic) bond motifs is 1. The largest absolute Gasteiger partial charge is 0.396 e. The highest BCUT2D eigenvalue weighted by molar-refractivity contribution is 8.25. The molecule has 0 aromatic rings. The molecule has 4 N–H and O–H groups in total. The number of amidine groups is 1. The maximum Gasteiger partial charge on any atom is 0.157 e. The predicted molar refractivity (Wildman–Crippen MR) is 66.8 cm³/mol. The average molecular weight is 264 g/mol. The van der Waals surface area contributed by atoms with Gasteiger partial charge in [0.2, 0.25) is 0 Å². The van der Waals surface area contributed by atoms with Crippen LogP contribution in [-0.2, 0) is 0 Å². The summed E-state index contributed by atoms with van der Waals surface area (Å²) in [5.74, 6) is 0. The van der Waals surface area contributed by atoms with Crippen LogP contribution >= 0.6 is 23.5 Å². The predicted octanol–water partition coefficient (Wildman–Crippen LogP) is -0.777. The highest BCUT2D eigenvalue weighted by Gasteiger charge is 2.48. The molecule has 0 radical (unpaired) electrons. The molecule has 2 aliphatic heterocycles. The first-order valence-corrected chi connectivity index (χ1v) is 7.02. The Labute approximate surface area is 103 Å². The van der Waals surface area contributed by atoms with E-state index in [2.05, 4.69) is 10.3 Å². The number of hydrogen-bond donors (Lipinski definition) is 4. The first kappa shape index (κ1) is 12.5. The van der Waals surface area contributed by atoms with Gasteiger partial charge in [0.05, 0.1) is 16.7 Å². The van der Waals surface area contributed by atoms with Crippen LogP contribution in [0.5, 0.6) is 0 Å². The Kier molecular flexibility index (Phi) is 4.01. The highest BCUT2D eigenvalue weighted by atomic mass is 32.2. The van der Waals surface area contributed by atoms with E-state index in [0.717, 1.165) is 5.17 Å². The minimum Gasteiger partial charge on any atom is -0.396 e. The third-order valence-corrected chi connectivity index (χ3v) is 5.93. The fraction of sp³-hybridized carbons (Fsp3) is 0.889. The Morgan fingerprint density at radius 1 is 1.38 bits per heavy atom. The third kappa shape index (κ3) is 2.19. The van der Waals surface area contributed by atoms with Crippen molar-refractivity contribution in [2.75, 3.05) is 13.7 Å². The van der Waals surface area contributed by atoms with Gasteiger partial charge in [-0.3, -0.25) is 4.99 Å². The molecule has 0 aromatic heterocycles. The van der Waals surface area contributed by atoms with Crippen LogP contribution in [0.15, 0.2) is 4.99 Å². The number of rotatable bonds is 2. The second kappa shape index (κ2) is 5.14. The molecule has 7 heteroatoms. The zero-order chi connectivity index (χ0) is 11.7. The highest BCUT2D eigenvalue weighted by Crippen LogP contribution is 2.43. The van der Waals surface area contributed by atoms with Crippen molar-refractivity contribution in [3.8, 4) is 0 Å². The quantitative estimate of drug-likeness (QED) is 0.524. The van der Waals surface area contributed by atoms with E-state index in [1.807, 2.05) is 0 Å². The van der Waals surface area contributed by atoms with Gasteiger partial charge in [-0.1, -0.05) is 11.8 Å². The molecule has 0 unspecified atom stereocenters. The minimum atomic E-state index is -0.797. The molecule has 0 saturated carbocycles. The first-order valence-electron chi connectivity index (χ1n) is 5.19. The summed E-state index contributed by atoms with van der Waals surface area (Å²) >= 11 is 3.19. The van der Waals surface area contributed by atoms with Crippen molar-refractivity contribution >= 4 is 28.7 Å². The summed E-state index contributed by atoms with van der Waals surface area (Å²) in [6, 6.07) is -0.154. The van der Waals surface area contributed by atoms with Crippen LogP contribution in [0.2, 0.25) is 0 Å². The SMILES string of the molecule is CN=C1N[C@H]2[C@@H](S1)S[C@H](CCO)[C@@H](O)[C@@H]2O. The van der Waals surface area contributed by atoms with Crippen molar-refractivity contribution in [1.29, 1.82) is 0 Å². The van der Waals surface area contributed by atoms with E-state index in [9.17, 15) is 10.2 Å². The Hall–Kier alpha value is 0.0500. The Morgan fingerprint density at radius 3 is 2.75 bits per heavy atom. The lowest BCUT2D eigenvalue weighted by Crippen LogP contribution is -2.55. The van der Waals surface area contributed by atoms with E-state index in [0.29, 0.717) is 6.42 Å². The van der Waals surface area contributed by atoms with Gasteiger partial charge in [-0.2, -0.15) is 0 Å². The number of aliphatic imine (C=N–C) groups is 1. The second-order valence-electron chi connectivity index (χ2n) is 3.85. The summed E-state index contributed by atoms with van der Waals surface area (Å²) in [5.41, 5.74) is 0. The molecule has 2 saturated heterocycles. The molecule has 5 nitrogen and oxygen atoms in total. The van der Waals surface area contributed by atoms with E-state index >= 15 is 0 Å². The van der Waals surface area contributed by atoms with E-state index < -0.39 is 12.2 Å². The molecular formula is C9H16N2O3S2. The van der Waals surface area contributed by atoms with Crippen LogP contribution in [0.3, 0.4) is 0 Å². The molecule has 92 valence electrons. The zero-order valence-electron chi connectivity index (χ0n) is 8.91. The van der Waals surface area contributed by atoms with Crippen LogP contribution in [0.1, 0.15) is 6.42 Å². The maximum absolute atomic E-state index is 9.98. The lowest BCUT2D eigenvalue weighted by atomic mass is 10.0. The van der Waals surface area contributed by atoms with Gasteiger partial charge in [-0.05, 0) is 6.42 Å². The molecule has 2 heterocycles. The van der Waals surface area contributed by atoms with Crippen molar-refractivity contribution in [3.05, 3.63) is 0 Å². The molecule has 0 aliphatic carbocycles. The normalized spacial score (nSPS) is 45.5. The molecule has 5 atom stereocenters. The molecule has 0 bridgehead atoms. The summed E-state index contributed by atoms with van der Waals surface area (Å²) in [5, 5.41) is 32.6. The smallest absolute Gasteiger partial charge is 0.157 e. The van der Waals surface area contributed by atoms with Gasteiger partial charge in [0, 0.05) is 18.9 Å². The van der Waals surface area contributed by atoms with Crippen molar-refractivity contribution in [1.82, 2.24) is 5.32 Å². The first-order chi connectivity index (χ1) is 7.67. The number of aliphatic hydroxyl groups excluding tert-OH is 3. The van der Waals surface area contributed by atoms with Crippen molar-refractivity contribution in [2.24, 2.45) is 4.99 Å². The van der Waals surface area contributed by atoms with Crippen molar-refractivity contribution in [2.45, 2.75) is 34.5 Å². The number of hydrogen-bond acceptors (Lipinski definition) is 6. The lowest BCUT2D eigenvalue weighted by Gasteiger charge is -2.38. The topological polar surface area (TPSA) is 85.1 Å². The van der Waals surface area contributed by atoms with Gasteiger partial charge < -0.3 is 20.6 Å². The standard InChI is InChI=1S/C9H16N2O3S2/c1-10-9-11-5-7(14)6(13)4(2-3-12)15-8(5)16-9/h4-8,12-14H,2-3H2,1H3,(H,10,11)/t4-,5-,6-,7-,8-/m1/s1. The summed E-state index contributed by atoms with van der Waals surface area (Å²) in [7, 11) is 1.70. The summed E-state index contributed by atoms with van der Waals surface area (Å²) in [4.78, 5) is 4.06. The van der Waals surface area contributed by atoms with Gasteiger partial charge in [0.25, 0.3) is 0 Å². The van der Waals surface area contributed by atoms with Crippen LogP contribution in [0.4, 0.5) is 0 Å². The third-order valence-electron chi connectivity index (χ3n) is 2.84.